The molecular weight excluding hydrogens is 207 g/mol. The maximum Gasteiger partial charge on any atom is 0.390 e. The first-order chi connectivity index (χ1) is 6.97. The molecule has 1 atom stereocenters. The molecule has 1 aromatic heterocycles. The Kier molecular flexibility index (Phi) is 4.20. The molecule has 0 amide bonds. The van der Waals surface area contributed by atoms with Crippen LogP contribution < -0.4 is 5.32 Å². The third-order valence-electron chi connectivity index (χ3n) is 1.99. The molecule has 0 spiro atoms. The number of rotatable bonds is 5. The van der Waals surface area contributed by atoms with Crippen molar-refractivity contribution in [3.8, 4) is 0 Å². The average molecular weight is 221 g/mol. The Bertz CT molecular complexity index is 269. The van der Waals surface area contributed by atoms with Crippen molar-refractivity contribution < 1.29 is 17.6 Å². The highest BCUT2D eigenvalue weighted by atomic mass is 19.4. The van der Waals surface area contributed by atoms with Gasteiger partial charge in [0.15, 0.2) is 0 Å². The van der Waals surface area contributed by atoms with E-state index in [1.54, 1.807) is 12.3 Å². The van der Waals surface area contributed by atoms with E-state index < -0.39 is 12.6 Å². The Hall–Kier alpha value is -0.970. The summed E-state index contributed by atoms with van der Waals surface area (Å²) in [6.45, 7) is 1.78. The molecule has 2 nitrogen and oxygen atoms in total. The quantitative estimate of drug-likeness (QED) is 0.827. The van der Waals surface area contributed by atoms with E-state index in [0.29, 0.717) is 6.42 Å². The van der Waals surface area contributed by atoms with Crippen LogP contribution in [0.15, 0.2) is 22.8 Å². The Labute approximate surface area is 86.5 Å². The largest absolute Gasteiger partial charge is 0.469 e. The van der Waals surface area contributed by atoms with Crippen LogP contribution in [0.3, 0.4) is 0 Å². The van der Waals surface area contributed by atoms with E-state index in [0.717, 1.165) is 5.76 Å². The molecule has 0 saturated heterocycles. The summed E-state index contributed by atoms with van der Waals surface area (Å²) in [6.07, 6.45) is -2.73. The highest BCUT2D eigenvalue weighted by Gasteiger charge is 2.26. The van der Waals surface area contributed by atoms with E-state index in [-0.39, 0.29) is 12.6 Å². The zero-order valence-electron chi connectivity index (χ0n) is 8.47. The molecule has 0 bridgehead atoms. The van der Waals surface area contributed by atoms with Crippen LogP contribution in [0.2, 0.25) is 0 Å². The van der Waals surface area contributed by atoms with Crippen molar-refractivity contribution in [3.05, 3.63) is 24.2 Å². The summed E-state index contributed by atoms with van der Waals surface area (Å²) in [4.78, 5) is 0. The molecule has 0 aliphatic carbocycles. The van der Waals surface area contributed by atoms with Crippen molar-refractivity contribution in [2.24, 2.45) is 0 Å². The lowest BCUT2D eigenvalue weighted by atomic mass is 10.2. The van der Waals surface area contributed by atoms with Crippen LogP contribution in [0.5, 0.6) is 0 Å². The molecule has 15 heavy (non-hydrogen) atoms. The molecule has 1 aromatic rings. The fourth-order valence-corrected chi connectivity index (χ4v) is 1.26. The first-order valence-corrected chi connectivity index (χ1v) is 4.80. The molecule has 0 radical (unpaired) electrons. The molecular formula is C10H14F3NO. The summed E-state index contributed by atoms with van der Waals surface area (Å²) in [5.74, 6) is 0.780. The lowest BCUT2D eigenvalue weighted by molar-refractivity contribution is -0.133. The van der Waals surface area contributed by atoms with Gasteiger partial charge >= 0.3 is 6.18 Å². The van der Waals surface area contributed by atoms with Crippen molar-refractivity contribution in [2.45, 2.75) is 32.0 Å². The van der Waals surface area contributed by atoms with Crippen molar-refractivity contribution in [1.82, 2.24) is 5.32 Å². The van der Waals surface area contributed by atoms with Crippen molar-refractivity contribution in [1.29, 1.82) is 0 Å². The standard InChI is InChI=1S/C10H14F3NO/c1-8(7-9-3-2-6-15-9)14-5-4-10(11,12)13/h2-3,6,8,14H,4-5,7H2,1H3. The van der Waals surface area contributed by atoms with Gasteiger partial charge in [0.2, 0.25) is 0 Å². The van der Waals surface area contributed by atoms with Gasteiger partial charge in [0.25, 0.3) is 0 Å². The molecule has 1 unspecified atom stereocenters. The highest BCUT2D eigenvalue weighted by molar-refractivity contribution is 4.99. The van der Waals surface area contributed by atoms with E-state index >= 15 is 0 Å². The Morgan fingerprint density at radius 2 is 2.20 bits per heavy atom. The van der Waals surface area contributed by atoms with E-state index in [4.69, 9.17) is 4.42 Å². The number of alkyl halides is 3. The zero-order chi connectivity index (χ0) is 11.3. The number of hydrogen-bond acceptors (Lipinski definition) is 2. The SMILES string of the molecule is CC(Cc1ccco1)NCCC(F)(F)F. The number of halogens is 3. The maximum absolute atomic E-state index is 11.8. The summed E-state index contributed by atoms with van der Waals surface area (Å²) in [5.41, 5.74) is 0. The highest BCUT2D eigenvalue weighted by Crippen LogP contribution is 2.18. The van der Waals surface area contributed by atoms with E-state index in [1.165, 1.54) is 0 Å². The van der Waals surface area contributed by atoms with E-state index in [1.807, 2.05) is 13.0 Å². The number of furan rings is 1. The van der Waals surface area contributed by atoms with Gasteiger partial charge < -0.3 is 9.73 Å². The molecule has 0 fully saturated rings. The maximum atomic E-state index is 11.8. The van der Waals surface area contributed by atoms with Crippen LogP contribution in [0.1, 0.15) is 19.1 Å². The summed E-state index contributed by atoms with van der Waals surface area (Å²) in [7, 11) is 0. The fourth-order valence-electron chi connectivity index (χ4n) is 1.26. The normalized spacial score (nSPS) is 14.1. The Balaban J connectivity index is 2.17. The second-order valence-electron chi connectivity index (χ2n) is 3.50. The summed E-state index contributed by atoms with van der Waals surface area (Å²) < 4.78 is 40.6. The minimum atomic E-state index is -4.09. The number of nitrogens with one attached hydrogen (secondary N) is 1. The molecule has 5 heteroatoms. The molecule has 0 aromatic carbocycles. The van der Waals surface area contributed by atoms with Gasteiger partial charge in [-0.25, -0.2) is 0 Å². The monoisotopic (exact) mass is 221 g/mol. The van der Waals surface area contributed by atoms with Gasteiger partial charge in [0.05, 0.1) is 12.7 Å². The van der Waals surface area contributed by atoms with Crippen molar-refractivity contribution in [3.63, 3.8) is 0 Å². The lowest BCUT2D eigenvalue weighted by Crippen LogP contribution is -2.31. The third kappa shape index (κ3) is 5.47. The Morgan fingerprint density at radius 3 is 2.73 bits per heavy atom. The third-order valence-corrected chi connectivity index (χ3v) is 1.99. The van der Waals surface area contributed by atoms with Crippen LogP contribution in [0, 0.1) is 0 Å². The predicted octanol–water partition coefficient (Wildman–Crippen LogP) is 2.75. The molecule has 0 aliphatic rings. The molecule has 1 N–H and O–H groups in total. The molecule has 0 saturated carbocycles. The van der Waals surface area contributed by atoms with Crippen molar-refractivity contribution >= 4 is 0 Å². The fraction of sp³-hybridized carbons (Fsp3) is 0.600. The molecule has 0 aliphatic heterocycles. The van der Waals surface area contributed by atoms with Gasteiger partial charge in [-0.15, -0.1) is 0 Å². The molecule has 86 valence electrons. The van der Waals surface area contributed by atoms with Gasteiger partial charge in [-0.2, -0.15) is 13.2 Å². The van der Waals surface area contributed by atoms with Crippen LogP contribution >= 0.6 is 0 Å². The second kappa shape index (κ2) is 5.21. The predicted molar refractivity (Wildman–Crippen MR) is 50.5 cm³/mol. The van der Waals surface area contributed by atoms with Gasteiger partial charge in [-0.3, -0.25) is 0 Å². The second-order valence-corrected chi connectivity index (χ2v) is 3.50. The van der Waals surface area contributed by atoms with Crippen molar-refractivity contribution in [2.75, 3.05) is 6.54 Å². The number of hydrogen-bond donors (Lipinski definition) is 1. The first kappa shape index (κ1) is 12.1. The molecule has 1 heterocycles. The van der Waals surface area contributed by atoms with Gasteiger partial charge in [-0.05, 0) is 19.1 Å². The van der Waals surface area contributed by atoms with Gasteiger partial charge in [-0.1, -0.05) is 0 Å². The van der Waals surface area contributed by atoms with Gasteiger partial charge in [0, 0.05) is 19.0 Å². The Morgan fingerprint density at radius 1 is 1.47 bits per heavy atom. The smallest absolute Gasteiger partial charge is 0.390 e. The minimum Gasteiger partial charge on any atom is -0.469 e. The summed E-state index contributed by atoms with van der Waals surface area (Å²) in [6, 6.07) is 3.55. The topological polar surface area (TPSA) is 25.2 Å². The zero-order valence-corrected chi connectivity index (χ0v) is 8.47. The lowest BCUT2D eigenvalue weighted by Gasteiger charge is -2.13. The van der Waals surface area contributed by atoms with Crippen LogP contribution in [0.25, 0.3) is 0 Å². The van der Waals surface area contributed by atoms with E-state index in [9.17, 15) is 13.2 Å². The summed E-state index contributed by atoms with van der Waals surface area (Å²) >= 11 is 0. The summed E-state index contributed by atoms with van der Waals surface area (Å²) in [5, 5.41) is 2.80. The first-order valence-electron chi connectivity index (χ1n) is 4.80. The van der Waals surface area contributed by atoms with Crippen LogP contribution in [0.4, 0.5) is 13.2 Å². The van der Waals surface area contributed by atoms with E-state index in [2.05, 4.69) is 5.32 Å². The van der Waals surface area contributed by atoms with Gasteiger partial charge in [0.1, 0.15) is 5.76 Å². The minimum absolute atomic E-state index is 0.0153. The molecule has 1 rings (SSSR count). The van der Waals surface area contributed by atoms with Crippen LogP contribution in [-0.2, 0) is 6.42 Å². The van der Waals surface area contributed by atoms with Crippen LogP contribution in [-0.4, -0.2) is 18.8 Å². The average Bonchev–Trinajstić information content (AvgIpc) is 2.54.